The van der Waals surface area contributed by atoms with Crippen molar-refractivity contribution in [1.82, 2.24) is 20.4 Å². The van der Waals surface area contributed by atoms with Crippen LogP contribution in [0.1, 0.15) is 134 Å². The summed E-state index contributed by atoms with van der Waals surface area (Å²) in [6.45, 7) is 12.6. The number of esters is 1. The third-order valence-corrected chi connectivity index (χ3v) is 16.5. The molecule has 81 heavy (non-hydrogen) atoms. The molecule has 4 amide bonds. The maximum absolute atomic E-state index is 15.2. The Morgan fingerprint density at radius 3 is 1.32 bits per heavy atom. The first kappa shape index (κ1) is 59.5. The summed E-state index contributed by atoms with van der Waals surface area (Å²) in [7, 11) is 2.43. The fourth-order valence-electron chi connectivity index (χ4n) is 11.4. The number of Topliss-reactive ketones (excluding diaryl/α,β-unsaturated/α-hetero) is 2. The molecule has 6 aliphatic rings. The van der Waals surface area contributed by atoms with Crippen LogP contribution in [0.2, 0.25) is 0 Å². The molecule has 3 N–H and O–H groups in total. The van der Waals surface area contributed by atoms with Gasteiger partial charge in [0.25, 0.3) is 11.8 Å². The predicted octanol–water partition coefficient (Wildman–Crippen LogP) is 10.1. The smallest absolute Gasteiger partial charge is 0.407 e. The van der Waals surface area contributed by atoms with Gasteiger partial charge in [-0.3, -0.25) is 19.2 Å². The molecular weight excluding hydrogens is 1060 g/mol. The summed E-state index contributed by atoms with van der Waals surface area (Å²) in [6.07, 6.45) is 3.45. The number of benzene rings is 4. The van der Waals surface area contributed by atoms with E-state index in [-0.39, 0.29) is 62.2 Å². The van der Waals surface area contributed by atoms with Crippen LogP contribution in [0, 0.1) is 36.5 Å². The first-order chi connectivity index (χ1) is 38.1. The number of carbonyl (C=O) groups excluding carboxylic acids is 7. The van der Waals surface area contributed by atoms with Crippen LogP contribution < -0.4 is 10.6 Å². The predicted molar refractivity (Wildman–Crippen MR) is 289 cm³/mol. The highest BCUT2D eigenvalue weighted by molar-refractivity contribution is 6.00. The van der Waals surface area contributed by atoms with Crippen LogP contribution in [0.5, 0.6) is 0 Å². The molecule has 4 aromatic carbocycles. The molecule has 2 saturated carbocycles. The number of halogens is 4. The lowest BCUT2D eigenvalue weighted by atomic mass is 10.00. The topological polar surface area (TPSA) is 215 Å². The molecule has 0 bridgehead atoms. The van der Waals surface area contributed by atoms with Gasteiger partial charge in [0.15, 0.2) is 18.2 Å². The SMILES string of the molecule is CCC(=O)c1ccc2c(c1)C(F)(F)c1cc(C)ccc1-2.COC(=O)N[C@H](C(=O)N1CC2(CC2)CC1C(=O)OCC(=O)c1ccc2c(c1)C(F)(F)c1cc(C)ccc1-2)C(C)C.COC(=O)N[C@H](C(=O)N1CC2(CC2)C[C@H]1C(=O)O)C(C)C. The minimum atomic E-state index is -3.25. The molecule has 2 heterocycles. The zero-order valence-electron chi connectivity index (χ0n) is 46.8. The van der Waals surface area contributed by atoms with E-state index >= 15 is 8.78 Å². The van der Waals surface area contributed by atoms with Crippen molar-refractivity contribution in [2.75, 3.05) is 33.9 Å². The quantitative estimate of drug-likeness (QED) is 0.0494. The van der Waals surface area contributed by atoms with Crippen LogP contribution in [-0.4, -0.2) is 120 Å². The number of nitrogens with zero attached hydrogens (tertiary/aromatic N) is 2. The number of hydrogen-bond acceptors (Lipinski definition) is 11. The average Bonchev–Trinajstić information content (AvgIpc) is 2.82. The molecule has 0 aromatic heterocycles. The van der Waals surface area contributed by atoms with E-state index in [2.05, 4.69) is 20.1 Å². The van der Waals surface area contributed by atoms with E-state index in [1.54, 1.807) is 78.8 Å². The first-order valence-corrected chi connectivity index (χ1v) is 27.1. The van der Waals surface area contributed by atoms with Crippen LogP contribution in [-0.2, 0) is 45.2 Å². The highest BCUT2D eigenvalue weighted by Gasteiger charge is 2.58. The number of ether oxygens (including phenoxy) is 3. The lowest BCUT2D eigenvalue weighted by Gasteiger charge is -2.29. The molecule has 10 rings (SSSR count). The summed E-state index contributed by atoms with van der Waals surface area (Å²) < 4.78 is 74.1. The molecule has 20 heteroatoms. The van der Waals surface area contributed by atoms with Gasteiger partial charge in [-0.2, -0.15) is 17.6 Å². The normalized spacial score (nSPS) is 19.8. The fourth-order valence-corrected chi connectivity index (χ4v) is 11.4. The number of alkyl halides is 4. The highest BCUT2D eigenvalue weighted by Crippen LogP contribution is 2.57. The van der Waals surface area contributed by atoms with Crippen LogP contribution >= 0.6 is 0 Å². The molecule has 1 unspecified atom stereocenters. The van der Waals surface area contributed by atoms with E-state index in [1.165, 1.54) is 54.4 Å². The lowest BCUT2D eigenvalue weighted by molar-refractivity contribution is -0.153. The third kappa shape index (κ3) is 11.9. The Balaban J connectivity index is 0.000000176. The maximum atomic E-state index is 15.2. The molecule has 2 spiro atoms. The molecule has 2 aliphatic heterocycles. The van der Waals surface area contributed by atoms with Gasteiger partial charge in [0, 0.05) is 52.9 Å². The van der Waals surface area contributed by atoms with Crippen LogP contribution in [0.15, 0.2) is 72.8 Å². The number of likely N-dealkylation sites (tertiary alicyclic amines) is 2. The van der Waals surface area contributed by atoms with Gasteiger partial charge < -0.3 is 39.8 Å². The summed E-state index contributed by atoms with van der Waals surface area (Å²) in [5, 5.41) is 14.4. The van der Waals surface area contributed by atoms with Crippen molar-refractivity contribution in [2.45, 2.75) is 129 Å². The summed E-state index contributed by atoms with van der Waals surface area (Å²) in [4.78, 5) is 101. The molecule has 0 radical (unpaired) electrons. The van der Waals surface area contributed by atoms with Crippen molar-refractivity contribution in [3.63, 3.8) is 0 Å². The van der Waals surface area contributed by atoms with E-state index in [4.69, 9.17) is 4.74 Å². The van der Waals surface area contributed by atoms with E-state index in [9.17, 15) is 52.2 Å². The number of nitrogens with one attached hydrogen (secondary N) is 2. The van der Waals surface area contributed by atoms with Crippen molar-refractivity contribution < 1.29 is 75.2 Å². The highest BCUT2D eigenvalue weighted by atomic mass is 19.3. The van der Waals surface area contributed by atoms with Gasteiger partial charge in [-0.15, -0.1) is 0 Å². The second kappa shape index (κ2) is 22.7. The molecule has 432 valence electrons. The van der Waals surface area contributed by atoms with Gasteiger partial charge in [0.2, 0.25) is 11.8 Å². The van der Waals surface area contributed by atoms with E-state index < -0.39 is 78.4 Å². The minimum absolute atomic E-state index is 0.00842. The van der Waals surface area contributed by atoms with Gasteiger partial charge in [0.1, 0.15) is 24.2 Å². The van der Waals surface area contributed by atoms with Gasteiger partial charge in [-0.05, 0) is 122 Å². The number of aryl methyl sites for hydroxylation is 2. The van der Waals surface area contributed by atoms with Crippen molar-refractivity contribution >= 4 is 47.5 Å². The molecule has 4 aliphatic carbocycles. The Kier molecular flexibility index (Phi) is 16.7. The second-order valence-electron chi connectivity index (χ2n) is 23.0. The van der Waals surface area contributed by atoms with Crippen molar-refractivity contribution in [2.24, 2.45) is 22.7 Å². The standard InChI is InChI=1S/C30H32F2N2O6.C17H14F2O.C14H22N2O5/c1-16(2)25(33-28(38)39-4)26(36)34-15-29(9-10-29)13-23(34)27(37)40-14-24(35)18-6-8-20-19-7-5-17(3)11-21(19)30(31,32)22(20)12-18;1-3-16(20)11-5-7-13-12-6-4-10(2)8-14(12)17(18,19)15(13)9-11;1-8(2)10(15-13(20)21-3)11(17)16-7-14(4-5-14)6-9(16)12(18)19/h5-8,11-12,16,23,25H,9-10,13-15H2,1-4H3,(H,33,38);4-9H,3H2,1-2H3;8-10H,4-7H2,1-3H3,(H,15,20)(H,18,19)/t23?,25-;;9-,10-/m0.0/s1. The van der Waals surface area contributed by atoms with Crippen LogP contribution in [0.3, 0.4) is 0 Å². The molecule has 4 fully saturated rings. The number of methoxy groups -OCH3 is 2. The van der Waals surface area contributed by atoms with Crippen molar-refractivity contribution in [3.05, 3.63) is 117 Å². The number of fused-ring (bicyclic) bond motifs is 6. The molecular formula is C61H68F4N4O12. The van der Waals surface area contributed by atoms with Gasteiger partial charge in [0.05, 0.1) is 14.2 Å². The number of ketones is 2. The van der Waals surface area contributed by atoms with Crippen molar-refractivity contribution in [3.8, 4) is 22.3 Å². The van der Waals surface area contributed by atoms with E-state index in [1.807, 2.05) is 6.07 Å². The van der Waals surface area contributed by atoms with E-state index in [0.717, 1.165) is 37.3 Å². The minimum Gasteiger partial charge on any atom is -0.480 e. The van der Waals surface area contributed by atoms with Crippen LogP contribution in [0.25, 0.3) is 22.3 Å². The number of carbonyl (C=O) groups is 8. The van der Waals surface area contributed by atoms with Crippen LogP contribution in [0.4, 0.5) is 27.2 Å². The number of alkyl carbamates (subject to hydrolysis) is 2. The third-order valence-electron chi connectivity index (χ3n) is 16.5. The molecule has 16 nitrogen and oxygen atoms in total. The molecule has 4 atom stereocenters. The summed E-state index contributed by atoms with van der Waals surface area (Å²) in [5.41, 5.74) is 3.21. The Morgan fingerprint density at radius 1 is 0.580 bits per heavy atom. The Labute approximate surface area is 467 Å². The summed E-state index contributed by atoms with van der Waals surface area (Å²) >= 11 is 0. The second-order valence-corrected chi connectivity index (χ2v) is 23.0. The van der Waals surface area contributed by atoms with Gasteiger partial charge in [-0.25, -0.2) is 19.2 Å². The number of aliphatic carboxylic acids is 1. The first-order valence-electron chi connectivity index (χ1n) is 27.1. The van der Waals surface area contributed by atoms with Gasteiger partial charge >= 0.3 is 24.1 Å². The Morgan fingerprint density at radius 2 is 0.951 bits per heavy atom. The summed E-state index contributed by atoms with van der Waals surface area (Å²) in [5.74, 6) is -9.92. The maximum Gasteiger partial charge on any atom is 0.407 e. The monoisotopic (exact) mass is 1120 g/mol. The van der Waals surface area contributed by atoms with Crippen molar-refractivity contribution in [1.29, 1.82) is 0 Å². The largest absolute Gasteiger partial charge is 0.480 e. The van der Waals surface area contributed by atoms with Gasteiger partial charge in [-0.1, -0.05) is 94.3 Å². The number of carboxylic acid groups (broad SMARTS) is 1. The zero-order valence-corrected chi connectivity index (χ0v) is 46.8. The van der Waals surface area contributed by atoms with E-state index in [0.29, 0.717) is 65.7 Å². The average molecular weight is 1130 g/mol. The number of hydrogen-bond donors (Lipinski definition) is 3. The number of rotatable bonds is 13. The fraction of sp³-hybridized carbons (Fsp3) is 0.475. The zero-order chi connectivity index (χ0) is 59.3. The molecule has 4 aromatic rings. The summed E-state index contributed by atoms with van der Waals surface area (Å²) in [6, 6.07) is 15.3. The Hall–Kier alpha value is -7.64. The molecule has 2 saturated heterocycles. The Bertz CT molecular complexity index is 3210. The lowest BCUT2D eigenvalue weighted by Crippen LogP contribution is -2.54. The number of carboxylic acids is 1. The number of amides is 4.